The van der Waals surface area contributed by atoms with Crippen molar-refractivity contribution in [3.05, 3.63) is 64.9 Å². The highest BCUT2D eigenvalue weighted by molar-refractivity contribution is 9.10. The van der Waals surface area contributed by atoms with Crippen molar-refractivity contribution in [1.29, 1.82) is 0 Å². The molecule has 0 spiro atoms. The van der Waals surface area contributed by atoms with Gasteiger partial charge in [-0.25, -0.2) is 4.98 Å². The van der Waals surface area contributed by atoms with Crippen LogP contribution in [0.4, 0.5) is 0 Å². The molecule has 1 aliphatic heterocycles. The van der Waals surface area contributed by atoms with Gasteiger partial charge in [-0.3, -0.25) is 4.90 Å². The summed E-state index contributed by atoms with van der Waals surface area (Å²) in [6, 6.07) is 17.1. The Balaban J connectivity index is 1.33. The van der Waals surface area contributed by atoms with Crippen molar-refractivity contribution in [2.24, 2.45) is 5.92 Å². The number of piperidine rings is 1. The molecule has 1 aromatic heterocycles. The van der Waals surface area contributed by atoms with Crippen molar-refractivity contribution < 1.29 is 0 Å². The van der Waals surface area contributed by atoms with Gasteiger partial charge in [0.2, 0.25) is 0 Å². The average molecular weight is 384 g/mol. The molecule has 0 amide bonds. The summed E-state index contributed by atoms with van der Waals surface area (Å²) in [6.07, 6.45) is 4.53. The van der Waals surface area contributed by atoms with Crippen LogP contribution < -0.4 is 0 Å². The lowest BCUT2D eigenvalue weighted by Crippen LogP contribution is -2.34. The van der Waals surface area contributed by atoms with Gasteiger partial charge in [0.1, 0.15) is 0 Å². The van der Waals surface area contributed by atoms with Gasteiger partial charge in [-0.1, -0.05) is 40.2 Å². The second-order valence-corrected chi connectivity index (χ2v) is 7.65. The second-order valence-electron chi connectivity index (χ2n) is 6.73. The fourth-order valence-corrected chi connectivity index (χ4v) is 3.87. The monoisotopic (exact) mass is 383 g/mol. The van der Waals surface area contributed by atoms with E-state index in [-0.39, 0.29) is 0 Å². The van der Waals surface area contributed by atoms with E-state index in [1.54, 1.807) is 0 Å². The van der Waals surface area contributed by atoms with Crippen molar-refractivity contribution in [3.8, 4) is 0 Å². The lowest BCUT2D eigenvalue weighted by atomic mass is 9.96. The molecule has 0 N–H and O–H groups in total. The Kier molecular flexibility index (Phi) is 4.67. The Hall–Kier alpha value is -1.65. The zero-order valence-corrected chi connectivity index (χ0v) is 15.3. The summed E-state index contributed by atoms with van der Waals surface area (Å²) in [7, 11) is 0. The maximum Gasteiger partial charge on any atom is 0.0958 e. The molecule has 4 rings (SSSR count). The molecule has 3 nitrogen and oxygen atoms in total. The highest BCUT2D eigenvalue weighted by Gasteiger charge is 2.20. The molecule has 0 radical (unpaired) electrons. The van der Waals surface area contributed by atoms with E-state index in [2.05, 4.69) is 78.9 Å². The summed E-state index contributed by atoms with van der Waals surface area (Å²) in [4.78, 5) is 7.09. The summed E-state index contributed by atoms with van der Waals surface area (Å²) in [5, 5.41) is 0. The van der Waals surface area contributed by atoms with Gasteiger partial charge >= 0.3 is 0 Å². The molecule has 24 heavy (non-hydrogen) atoms. The van der Waals surface area contributed by atoms with Gasteiger partial charge in [0.15, 0.2) is 0 Å². The molecule has 1 aliphatic rings. The summed E-state index contributed by atoms with van der Waals surface area (Å²) in [5.74, 6) is 0.753. The van der Waals surface area contributed by atoms with Crippen LogP contribution >= 0.6 is 15.9 Å². The van der Waals surface area contributed by atoms with Crippen LogP contribution in [0.5, 0.6) is 0 Å². The number of aromatic nitrogens is 2. The number of halogens is 1. The van der Waals surface area contributed by atoms with Crippen LogP contribution in [0, 0.1) is 5.92 Å². The lowest BCUT2D eigenvalue weighted by molar-refractivity contribution is 0.168. The molecular weight excluding hydrogens is 362 g/mol. The Morgan fingerprint density at radius 3 is 2.54 bits per heavy atom. The first-order valence-electron chi connectivity index (χ1n) is 8.64. The van der Waals surface area contributed by atoms with E-state index in [1.165, 1.54) is 37.0 Å². The van der Waals surface area contributed by atoms with Crippen molar-refractivity contribution >= 4 is 27.0 Å². The number of para-hydroxylation sites is 2. The molecule has 2 heterocycles. The van der Waals surface area contributed by atoms with Crippen LogP contribution in [0.3, 0.4) is 0 Å². The molecule has 3 aromatic rings. The normalized spacial score (nSPS) is 16.7. The summed E-state index contributed by atoms with van der Waals surface area (Å²) >= 11 is 3.50. The number of rotatable bonds is 4. The number of benzene rings is 2. The molecule has 0 bridgehead atoms. The third-order valence-corrected chi connectivity index (χ3v) is 5.54. The van der Waals surface area contributed by atoms with E-state index in [9.17, 15) is 0 Å². The minimum atomic E-state index is 0.753. The van der Waals surface area contributed by atoms with Crippen molar-refractivity contribution in [3.63, 3.8) is 0 Å². The van der Waals surface area contributed by atoms with Crippen molar-refractivity contribution in [2.45, 2.75) is 25.9 Å². The minimum absolute atomic E-state index is 0.753. The predicted octanol–water partition coefficient (Wildman–Crippen LogP) is 4.71. The highest BCUT2D eigenvalue weighted by atomic mass is 79.9. The Labute approximate surface area is 151 Å². The Bertz CT molecular complexity index is 801. The molecule has 0 atom stereocenters. The van der Waals surface area contributed by atoms with Gasteiger partial charge in [-0.15, -0.1) is 0 Å². The molecular formula is C20H22BrN3. The molecule has 4 heteroatoms. The van der Waals surface area contributed by atoms with Gasteiger partial charge < -0.3 is 4.57 Å². The van der Waals surface area contributed by atoms with E-state index in [1.807, 2.05) is 6.33 Å². The molecule has 0 unspecified atom stereocenters. The molecule has 0 saturated carbocycles. The highest BCUT2D eigenvalue weighted by Crippen LogP contribution is 2.23. The number of imidazole rings is 1. The van der Waals surface area contributed by atoms with Gasteiger partial charge in [0.25, 0.3) is 0 Å². The SMILES string of the molecule is Brc1ccc(CN2CCC(Cn3cnc4ccccc43)CC2)cc1. The fourth-order valence-electron chi connectivity index (χ4n) is 3.61. The van der Waals surface area contributed by atoms with Crippen molar-refractivity contribution in [1.82, 2.24) is 14.5 Å². The van der Waals surface area contributed by atoms with Crippen LogP contribution in [-0.2, 0) is 13.1 Å². The number of hydrogen-bond acceptors (Lipinski definition) is 2. The maximum atomic E-state index is 4.51. The smallest absolute Gasteiger partial charge is 0.0958 e. The topological polar surface area (TPSA) is 21.1 Å². The molecule has 0 aliphatic carbocycles. The Morgan fingerprint density at radius 2 is 1.75 bits per heavy atom. The third-order valence-electron chi connectivity index (χ3n) is 5.01. The van der Waals surface area contributed by atoms with Crippen molar-refractivity contribution in [2.75, 3.05) is 13.1 Å². The molecule has 2 aromatic carbocycles. The largest absolute Gasteiger partial charge is 0.330 e. The van der Waals surface area contributed by atoms with Gasteiger partial charge in [0.05, 0.1) is 17.4 Å². The van der Waals surface area contributed by atoms with E-state index >= 15 is 0 Å². The summed E-state index contributed by atoms with van der Waals surface area (Å²) in [6.45, 7) is 4.53. The van der Waals surface area contributed by atoms with Gasteiger partial charge in [-0.05, 0) is 61.7 Å². The predicted molar refractivity (Wildman–Crippen MR) is 102 cm³/mol. The fraction of sp³-hybridized carbons (Fsp3) is 0.350. The van der Waals surface area contributed by atoms with E-state index in [0.717, 1.165) is 29.0 Å². The Morgan fingerprint density at radius 1 is 1.00 bits per heavy atom. The molecule has 1 fully saturated rings. The minimum Gasteiger partial charge on any atom is -0.330 e. The van der Waals surface area contributed by atoms with Crippen LogP contribution in [-0.4, -0.2) is 27.5 Å². The van der Waals surface area contributed by atoms with E-state index in [0.29, 0.717) is 0 Å². The van der Waals surface area contributed by atoms with Crippen LogP contribution in [0.15, 0.2) is 59.3 Å². The zero-order chi connectivity index (χ0) is 16.4. The average Bonchev–Trinajstić information content (AvgIpc) is 3.02. The maximum absolute atomic E-state index is 4.51. The number of nitrogens with zero attached hydrogens (tertiary/aromatic N) is 3. The first kappa shape index (κ1) is 15.9. The number of likely N-dealkylation sites (tertiary alicyclic amines) is 1. The van der Waals surface area contributed by atoms with E-state index < -0.39 is 0 Å². The quantitative estimate of drug-likeness (QED) is 0.650. The third kappa shape index (κ3) is 3.55. The van der Waals surface area contributed by atoms with Crippen LogP contribution in [0.25, 0.3) is 11.0 Å². The second kappa shape index (κ2) is 7.08. The van der Waals surface area contributed by atoms with Crippen LogP contribution in [0.1, 0.15) is 18.4 Å². The molecule has 1 saturated heterocycles. The lowest BCUT2D eigenvalue weighted by Gasteiger charge is -2.32. The van der Waals surface area contributed by atoms with Gasteiger partial charge in [0, 0.05) is 17.6 Å². The zero-order valence-electron chi connectivity index (χ0n) is 13.7. The summed E-state index contributed by atoms with van der Waals surface area (Å²) in [5.41, 5.74) is 3.76. The first-order chi connectivity index (χ1) is 11.8. The molecule has 124 valence electrons. The van der Waals surface area contributed by atoms with E-state index in [4.69, 9.17) is 0 Å². The summed E-state index contributed by atoms with van der Waals surface area (Å²) < 4.78 is 3.47. The standard InChI is InChI=1S/C20H22BrN3/c21-18-7-5-16(6-8-18)13-23-11-9-17(10-12-23)14-24-15-22-19-3-1-2-4-20(19)24/h1-8,15,17H,9-14H2. The number of fused-ring (bicyclic) bond motifs is 1. The van der Waals surface area contributed by atoms with Gasteiger partial charge in [-0.2, -0.15) is 0 Å². The number of hydrogen-bond donors (Lipinski definition) is 0. The first-order valence-corrected chi connectivity index (χ1v) is 9.44. The van der Waals surface area contributed by atoms with Crippen LogP contribution in [0.2, 0.25) is 0 Å².